The monoisotopic (exact) mass is 353 g/mol. The molecule has 0 aliphatic rings. The van der Waals surface area contributed by atoms with Gasteiger partial charge < -0.3 is 16.0 Å². The summed E-state index contributed by atoms with van der Waals surface area (Å²) in [5.41, 5.74) is 1.80. The summed E-state index contributed by atoms with van der Waals surface area (Å²) in [6, 6.07) is 13.2. The fraction of sp³-hybridized carbons (Fsp3) is 0.167. The van der Waals surface area contributed by atoms with Crippen LogP contribution in [-0.4, -0.2) is 29.1 Å². The Morgan fingerprint density at radius 3 is 2.60 bits per heavy atom. The molecular formula is C18H19N5OS. The number of amides is 2. The maximum Gasteiger partial charge on any atom is 0.319 e. The SMILES string of the molecule is O=C(NCCCNc1ccccn1)Nc1ccc(-c2nccs2)cc1. The van der Waals surface area contributed by atoms with E-state index >= 15 is 0 Å². The van der Waals surface area contributed by atoms with Crippen molar-refractivity contribution in [3.05, 3.63) is 60.2 Å². The van der Waals surface area contributed by atoms with Gasteiger partial charge in [-0.3, -0.25) is 0 Å². The summed E-state index contributed by atoms with van der Waals surface area (Å²) in [6.45, 7) is 1.34. The minimum atomic E-state index is -0.208. The van der Waals surface area contributed by atoms with E-state index < -0.39 is 0 Å². The number of carbonyl (C=O) groups excluding carboxylic acids is 1. The average Bonchev–Trinajstić information content (AvgIpc) is 3.18. The van der Waals surface area contributed by atoms with Crippen LogP contribution in [0.4, 0.5) is 16.3 Å². The smallest absolute Gasteiger partial charge is 0.319 e. The quantitative estimate of drug-likeness (QED) is 0.564. The third kappa shape index (κ3) is 5.29. The van der Waals surface area contributed by atoms with Crippen LogP contribution in [0.5, 0.6) is 0 Å². The molecule has 2 amide bonds. The van der Waals surface area contributed by atoms with Crippen LogP contribution in [-0.2, 0) is 0 Å². The highest BCUT2D eigenvalue weighted by atomic mass is 32.1. The molecule has 2 aromatic heterocycles. The van der Waals surface area contributed by atoms with Crippen molar-refractivity contribution in [3.8, 4) is 10.6 Å². The summed E-state index contributed by atoms with van der Waals surface area (Å²) in [5.74, 6) is 0.840. The molecule has 0 aliphatic carbocycles. The van der Waals surface area contributed by atoms with Crippen LogP contribution in [0.1, 0.15) is 6.42 Å². The number of benzene rings is 1. The number of urea groups is 1. The van der Waals surface area contributed by atoms with Crippen LogP contribution in [0.25, 0.3) is 10.6 Å². The molecule has 7 heteroatoms. The van der Waals surface area contributed by atoms with Gasteiger partial charge in [-0.25, -0.2) is 14.8 Å². The highest BCUT2D eigenvalue weighted by Gasteiger charge is 2.03. The molecule has 0 atom stereocenters. The molecule has 0 saturated carbocycles. The summed E-state index contributed by atoms with van der Waals surface area (Å²) in [6.07, 6.45) is 4.34. The van der Waals surface area contributed by atoms with Gasteiger partial charge in [0.2, 0.25) is 0 Å². The van der Waals surface area contributed by atoms with Crippen LogP contribution in [0.2, 0.25) is 0 Å². The number of nitrogens with zero attached hydrogens (tertiary/aromatic N) is 2. The molecule has 3 aromatic rings. The topological polar surface area (TPSA) is 78.9 Å². The van der Waals surface area contributed by atoms with E-state index in [1.54, 1.807) is 23.7 Å². The Morgan fingerprint density at radius 2 is 1.88 bits per heavy atom. The Balaban J connectivity index is 1.36. The van der Waals surface area contributed by atoms with Gasteiger partial charge in [-0.05, 0) is 42.8 Å². The fourth-order valence-corrected chi connectivity index (χ4v) is 2.86. The van der Waals surface area contributed by atoms with Gasteiger partial charge in [0, 0.05) is 42.1 Å². The van der Waals surface area contributed by atoms with Gasteiger partial charge in [-0.15, -0.1) is 11.3 Å². The number of pyridine rings is 1. The highest BCUT2D eigenvalue weighted by Crippen LogP contribution is 2.23. The second-order valence-corrected chi connectivity index (χ2v) is 6.19. The second kappa shape index (κ2) is 8.79. The number of aromatic nitrogens is 2. The van der Waals surface area contributed by atoms with E-state index in [4.69, 9.17) is 0 Å². The zero-order valence-corrected chi connectivity index (χ0v) is 14.4. The van der Waals surface area contributed by atoms with Crippen molar-refractivity contribution in [1.82, 2.24) is 15.3 Å². The lowest BCUT2D eigenvalue weighted by molar-refractivity contribution is 0.252. The summed E-state index contributed by atoms with van der Waals surface area (Å²) >= 11 is 1.59. The van der Waals surface area contributed by atoms with Gasteiger partial charge in [0.15, 0.2) is 0 Å². The predicted molar refractivity (Wildman–Crippen MR) is 102 cm³/mol. The average molecular weight is 353 g/mol. The molecule has 2 heterocycles. The molecule has 3 rings (SSSR count). The Bertz CT molecular complexity index is 775. The molecule has 0 aliphatic heterocycles. The molecule has 25 heavy (non-hydrogen) atoms. The lowest BCUT2D eigenvalue weighted by atomic mass is 10.2. The van der Waals surface area contributed by atoms with E-state index in [2.05, 4.69) is 25.9 Å². The molecule has 1 aromatic carbocycles. The van der Waals surface area contributed by atoms with E-state index in [-0.39, 0.29) is 6.03 Å². The summed E-state index contributed by atoms with van der Waals surface area (Å²) in [5, 5.41) is 11.8. The standard InChI is InChI=1S/C18H19N5OS/c24-18(22-11-3-10-20-16-4-1-2-9-19-16)23-15-7-5-14(6-8-15)17-21-12-13-25-17/h1-2,4-9,12-13H,3,10-11H2,(H,19,20)(H2,22,23,24). The molecule has 128 valence electrons. The van der Waals surface area contributed by atoms with Crippen molar-refractivity contribution in [2.45, 2.75) is 6.42 Å². The Kier molecular flexibility index (Phi) is 5.95. The zero-order chi connectivity index (χ0) is 17.3. The van der Waals surface area contributed by atoms with Crippen molar-refractivity contribution < 1.29 is 4.79 Å². The maximum absolute atomic E-state index is 11.9. The summed E-state index contributed by atoms with van der Waals surface area (Å²) in [7, 11) is 0. The van der Waals surface area contributed by atoms with Crippen LogP contribution >= 0.6 is 11.3 Å². The molecule has 0 radical (unpaired) electrons. The van der Waals surface area contributed by atoms with Crippen LogP contribution < -0.4 is 16.0 Å². The zero-order valence-electron chi connectivity index (χ0n) is 13.6. The largest absolute Gasteiger partial charge is 0.370 e. The molecule has 3 N–H and O–H groups in total. The number of rotatable bonds is 7. The first-order valence-electron chi connectivity index (χ1n) is 8.01. The van der Waals surface area contributed by atoms with E-state index in [9.17, 15) is 4.79 Å². The van der Waals surface area contributed by atoms with E-state index in [0.717, 1.165) is 35.0 Å². The normalized spacial score (nSPS) is 10.2. The van der Waals surface area contributed by atoms with Gasteiger partial charge in [0.1, 0.15) is 10.8 Å². The van der Waals surface area contributed by atoms with E-state index in [0.29, 0.717) is 6.54 Å². The molecule has 0 saturated heterocycles. The summed E-state index contributed by atoms with van der Waals surface area (Å²) in [4.78, 5) is 20.3. The number of hydrogen-bond donors (Lipinski definition) is 3. The molecule has 0 bridgehead atoms. The van der Waals surface area contributed by atoms with Crippen LogP contribution in [0.15, 0.2) is 60.2 Å². The molecule has 0 spiro atoms. The second-order valence-electron chi connectivity index (χ2n) is 5.29. The van der Waals surface area contributed by atoms with Gasteiger partial charge in [-0.1, -0.05) is 6.07 Å². The van der Waals surface area contributed by atoms with Gasteiger partial charge in [-0.2, -0.15) is 0 Å². The van der Waals surface area contributed by atoms with Gasteiger partial charge in [0.25, 0.3) is 0 Å². The predicted octanol–water partition coefficient (Wildman–Crippen LogP) is 3.83. The lowest BCUT2D eigenvalue weighted by Crippen LogP contribution is -2.30. The van der Waals surface area contributed by atoms with E-state index in [1.165, 1.54) is 0 Å². The molecule has 6 nitrogen and oxygen atoms in total. The first-order valence-corrected chi connectivity index (χ1v) is 8.89. The molecular weight excluding hydrogens is 334 g/mol. The minimum absolute atomic E-state index is 0.208. The Morgan fingerprint density at radius 1 is 1.00 bits per heavy atom. The van der Waals surface area contributed by atoms with Crippen molar-refractivity contribution in [2.75, 3.05) is 23.7 Å². The molecule has 0 fully saturated rings. The summed E-state index contributed by atoms with van der Waals surface area (Å²) < 4.78 is 0. The fourth-order valence-electron chi connectivity index (χ4n) is 2.21. The van der Waals surface area contributed by atoms with E-state index in [1.807, 2.05) is 47.8 Å². The number of nitrogens with one attached hydrogen (secondary N) is 3. The lowest BCUT2D eigenvalue weighted by Gasteiger charge is -2.09. The van der Waals surface area contributed by atoms with Crippen LogP contribution in [0, 0.1) is 0 Å². The van der Waals surface area contributed by atoms with Gasteiger partial charge in [0.05, 0.1) is 0 Å². The number of carbonyl (C=O) groups is 1. The number of anilines is 2. The number of thiazole rings is 1. The van der Waals surface area contributed by atoms with Crippen LogP contribution in [0.3, 0.4) is 0 Å². The van der Waals surface area contributed by atoms with Gasteiger partial charge >= 0.3 is 6.03 Å². The Hall–Kier alpha value is -2.93. The van der Waals surface area contributed by atoms with Crippen molar-refractivity contribution >= 4 is 28.9 Å². The number of hydrogen-bond acceptors (Lipinski definition) is 5. The Labute approximate surface area is 150 Å². The maximum atomic E-state index is 11.9. The minimum Gasteiger partial charge on any atom is -0.370 e. The third-order valence-corrected chi connectivity index (χ3v) is 4.25. The first kappa shape index (κ1) is 16.9. The molecule has 0 unspecified atom stereocenters. The highest BCUT2D eigenvalue weighted by molar-refractivity contribution is 7.13. The van der Waals surface area contributed by atoms with Crippen molar-refractivity contribution in [2.24, 2.45) is 0 Å². The van der Waals surface area contributed by atoms with Crippen molar-refractivity contribution in [3.63, 3.8) is 0 Å². The first-order chi connectivity index (χ1) is 12.3. The van der Waals surface area contributed by atoms with Crippen molar-refractivity contribution in [1.29, 1.82) is 0 Å². The third-order valence-electron chi connectivity index (χ3n) is 3.43.